The molecule has 0 aliphatic heterocycles. The Labute approximate surface area is 108 Å². The van der Waals surface area contributed by atoms with E-state index < -0.39 is 5.82 Å². The van der Waals surface area contributed by atoms with Gasteiger partial charge in [0.2, 0.25) is 0 Å². The molecule has 0 fully saturated rings. The maximum Gasteiger partial charge on any atom is 0.254 e. The van der Waals surface area contributed by atoms with E-state index in [1.807, 2.05) is 13.1 Å². The highest BCUT2D eigenvalue weighted by atomic mass is 19.1. The minimum atomic E-state index is -0.402. The third-order valence-corrected chi connectivity index (χ3v) is 2.92. The van der Waals surface area contributed by atoms with Crippen LogP contribution < -0.4 is 4.74 Å². The number of benzene rings is 1. The fraction of sp³-hybridized carbons (Fsp3) is 0.154. The standard InChI is InChI=1S/C13H11FN4O/c1-8-16-17-13-15-6-10(7-18(8)13)9-3-4-12(19-2)11(14)5-9/h3-7H,1-2H3. The largest absolute Gasteiger partial charge is 0.494 e. The summed E-state index contributed by atoms with van der Waals surface area (Å²) in [6.07, 6.45) is 3.48. The van der Waals surface area contributed by atoms with Gasteiger partial charge < -0.3 is 4.74 Å². The average molecular weight is 258 g/mol. The van der Waals surface area contributed by atoms with Gasteiger partial charge in [-0.05, 0) is 24.6 Å². The van der Waals surface area contributed by atoms with Crippen LogP contribution in [-0.2, 0) is 0 Å². The quantitative estimate of drug-likeness (QED) is 0.707. The Kier molecular flexibility index (Phi) is 2.63. The van der Waals surface area contributed by atoms with Crippen molar-refractivity contribution in [1.29, 1.82) is 0 Å². The molecule has 0 N–H and O–H groups in total. The molecule has 0 amide bonds. The van der Waals surface area contributed by atoms with Crippen molar-refractivity contribution in [3.05, 3.63) is 42.2 Å². The Morgan fingerprint density at radius 1 is 1.21 bits per heavy atom. The van der Waals surface area contributed by atoms with Crippen molar-refractivity contribution in [2.24, 2.45) is 0 Å². The van der Waals surface area contributed by atoms with Gasteiger partial charge in [-0.25, -0.2) is 9.37 Å². The zero-order valence-electron chi connectivity index (χ0n) is 10.5. The van der Waals surface area contributed by atoms with Gasteiger partial charge >= 0.3 is 0 Å². The smallest absolute Gasteiger partial charge is 0.254 e. The molecule has 0 radical (unpaired) electrons. The lowest BCUT2D eigenvalue weighted by atomic mass is 10.1. The van der Waals surface area contributed by atoms with Crippen molar-refractivity contribution in [3.8, 4) is 16.9 Å². The molecule has 5 nitrogen and oxygen atoms in total. The van der Waals surface area contributed by atoms with E-state index in [0.29, 0.717) is 5.78 Å². The van der Waals surface area contributed by atoms with E-state index in [2.05, 4.69) is 15.2 Å². The lowest BCUT2D eigenvalue weighted by Gasteiger charge is -2.05. The van der Waals surface area contributed by atoms with E-state index in [9.17, 15) is 4.39 Å². The van der Waals surface area contributed by atoms with Crippen molar-refractivity contribution < 1.29 is 9.13 Å². The summed E-state index contributed by atoms with van der Waals surface area (Å²) < 4.78 is 20.4. The van der Waals surface area contributed by atoms with E-state index in [1.165, 1.54) is 13.2 Å². The van der Waals surface area contributed by atoms with Gasteiger partial charge in [0.05, 0.1) is 7.11 Å². The summed E-state index contributed by atoms with van der Waals surface area (Å²) in [6.45, 7) is 1.83. The maximum atomic E-state index is 13.7. The molecule has 0 saturated carbocycles. The minimum Gasteiger partial charge on any atom is -0.494 e. The molecule has 1 aromatic carbocycles. The summed E-state index contributed by atoms with van der Waals surface area (Å²) in [7, 11) is 1.44. The van der Waals surface area contributed by atoms with Gasteiger partial charge in [0, 0.05) is 18.0 Å². The second-order valence-corrected chi connectivity index (χ2v) is 4.11. The first-order chi connectivity index (χ1) is 9.19. The molecule has 0 saturated heterocycles. The summed E-state index contributed by atoms with van der Waals surface area (Å²) in [5.41, 5.74) is 1.51. The molecule has 0 spiro atoms. The number of methoxy groups -OCH3 is 1. The molecule has 2 heterocycles. The SMILES string of the molecule is COc1ccc(-c2cnc3nnc(C)n3c2)cc1F. The zero-order chi connectivity index (χ0) is 13.4. The van der Waals surface area contributed by atoms with E-state index in [4.69, 9.17) is 4.74 Å². The molecule has 2 aromatic heterocycles. The van der Waals surface area contributed by atoms with Crippen molar-refractivity contribution in [2.45, 2.75) is 6.92 Å². The van der Waals surface area contributed by atoms with E-state index in [1.54, 1.807) is 22.7 Å². The Bertz CT molecular complexity index is 753. The number of halogens is 1. The van der Waals surface area contributed by atoms with Gasteiger partial charge in [0.25, 0.3) is 5.78 Å². The third kappa shape index (κ3) is 1.91. The third-order valence-electron chi connectivity index (χ3n) is 2.92. The van der Waals surface area contributed by atoms with Crippen LogP contribution in [0.2, 0.25) is 0 Å². The van der Waals surface area contributed by atoms with Crippen molar-refractivity contribution in [2.75, 3.05) is 7.11 Å². The van der Waals surface area contributed by atoms with Crippen LogP contribution in [0.15, 0.2) is 30.6 Å². The number of ether oxygens (including phenoxy) is 1. The van der Waals surface area contributed by atoms with Crippen molar-refractivity contribution in [3.63, 3.8) is 0 Å². The van der Waals surface area contributed by atoms with Gasteiger partial charge in [-0.1, -0.05) is 6.07 Å². The average Bonchev–Trinajstić information content (AvgIpc) is 2.80. The van der Waals surface area contributed by atoms with E-state index in [-0.39, 0.29) is 5.75 Å². The van der Waals surface area contributed by atoms with Crippen LogP contribution in [0, 0.1) is 12.7 Å². The van der Waals surface area contributed by atoms with E-state index in [0.717, 1.165) is 17.0 Å². The molecular weight excluding hydrogens is 247 g/mol. The molecule has 3 rings (SSSR count). The fourth-order valence-electron chi connectivity index (χ4n) is 1.89. The Balaban J connectivity index is 2.13. The normalized spacial score (nSPS) is 10.9. The first-order valence-corrected chi connectivity index (χ1v) is 5.70. The number of fused-ring (bicyclic) bond motifs is 1. The van der Waals surface area contributed by atoms with Gasteiger partial charge in [0.15, 0.2) is 11.6 Å². The first-order valence-electron chi connectivity index (χ1n) is 5.70. The number of hydrogen-bond acceptors (Lipinski definition) is 4. The first kappa shape index (κ1) is 11.6. The minimum absolute atomic E-state index is 0.221. The highest BCUT2D eigenvalue weighted by Gasteiger charge is 2.08. The van der Waals surface area contributed by atoms with Crippen LogP contribution in [0.25, 0.3) is 16.9 Å². The van der Waals surface area contributed by atoms with Crippen molar-refractivity contribution >= 4 is 5.78 Å². The number of nitrogens with zero attached hydrogens (tertiary/aromatic N) is 4. The summed E-state index contributed by atoms with van der Waals surface area (Å²) in [5, 5.41) is 7.84. The Hall–Kier alpha value is -2.50. The lowest BCUT2D eigenvalue weighted by molar-refractivity contribution is 0.386. The van der Waals surface area contributed by atoms with Crippen LogP contribution in [0.1, 0.15) is 5.82 Å². The predicted octanol–water partition coefficient (Wildman–Crippen LogP) is 2.25. The molecule has 19 heavy (non-hydrogen) atoms. The topological polar surface area (TPSA) is 52.3 Å². The summed E-state index contributed by atoms with van der Waals surface area (Å²) in [6, 6.07) is 4.79. The molecule has 6 heteroatoms. The van der Waals surface area contributed by atoms with Gasteiger partial charge in [-0.15, -0.1) is 10.2 Å². The number of aryl methyl sites for hydroxylation is 1. The zero-order valence-corrected chi connectivity index (χ0v) is 10.5. The number of rotatable bonds is 2. The van der Waals surface area contributed by atoms with E-state index >= 15 is 0 Å². The van der Waals surface area contributed by atoms with Crippen LogP contribution in [0.4, 0.5) is 4.39 Å². The maximum absolute atomic E-state index is 13.7. The summed E-state index contributed by atoms with van der Waals surface area (Å²) in [5.74, 6) is 1.08. The van der Waals surface area contributed by atoms with Crippen LogP contribution in [0.5, 0.6) is 5.75 Å². The van der Waals surface area contributed by atoms with Crippen molar-refractivity contribution in [1.82, 2.24) is 19.6 Å². The molecule has 0 aliphatic rings. The highest BCUT2D eigenvalue weighted by molar-refractivity contribution is 5.63. The number of hydrogen-bond donors (Lipinski definition) is 0. The van der Waals surface area contributed by atoms with Crippen LogP contribution in [-0.4, -0.2) is 26.7 Å². The Morgan fingerprint density at radius 3 is 2.79 bits per heavy atom. The molecule has 3 aromatic rings. The molecule has 0 bridgehead atoms. The molecule has 0 atom stereocenters. The number of aromatic nitrogens is 4. The highest BCUT2D eigenvalue weighted by Crippen LogP contribution is 2.25. The predicted molar refractivity (Wildman–Crippen MR) is 67.5 cm³/mol. The van der Waals surface area contributed by atoms with Crippen LogP contribution >= 0.6 is 0 Å². The lowest BCUT2D eigenvalue weighted by Crippen LogP contribution is -1.93. The second kappa shape index (κ2) is 4.31. The monoisotopic (exact) mass is 258 g/mol. The van der Waals surface area contributed by atoms with Gasteiger partial charge in [-0.3, -0.25) is 4.40 Å². The fourth-order valence-corrected chi connectivity index (χ4v) is 1.89. The summed E-state index contributed by atoms with van der Waals surface area (Å²) >= 11 is 0. The summed E-state index contributed by atoms with van der Waals surface area (Å²) in [4.78, 5) is 4.19. The van der Waals surface area contributed by atoms with Gasteiger partial charge in [-0.2, -0.15) is 0 Å². The molecular formula is C13H11FN4O. The van der Waals surface area contributed by atoms with Gasteiger partial charge in [0.1, 0.15) is 5.82 Å². The molecule has 96 valence electrons. The van der Waals surface area contributed by atoms with Crippen LogP contribution in [0.3, 0.4) is 0 Å². The Morgan fingerprint density at radius 2 is 2.05 bits per heavy atom. The molecule has 0 unspecified atom stereocenters. The molecule has 0 aliphatic carbocycles. The second-order valence-electron chi connectivity index (χ2n) is 4.11.